The van der Waals surface area contributed by atoms with E-state index in [0.717, 1.165) is 42.3 Å². The van der Waals surface area contributed by atoms with Gasteiger partial charge in [0.1, 0.15) is 5.82 Å². The van der Waals surface area contributed by atoms with Crippen LogP contribution in [0.3, 0.4) is 0 Å². The van der Waals surface area contributed by atoms with Crippen LogP contribution in [0.1, 0.15) is 38.5 Å². The van der Waals surface area contributed by atoms with Crippen LogP contribution in [0, 0.1) is 23.1 Å². The highest BCUT2D eigenvalue weighted by Gasteiger charge is 2.60. The summed E-state index contributed by atoms with van der Waals surface area (Å²) in [5.41, 5.74) is 0.380. The molecule has 4 aliphatic rings. The number of hydrogen-bond donors (Lipinski definition) is 1. The molecule has 6 heteroatoms. The van der Waals surface area contributed by atoms with Gasteiger partial charge in [0, 0.05) is 4.87 Å². The second-order valence-corrected chi connectivity index (χ2v) is 9.81. The third-order valence-corrected chi connectivity index (χ3v) is 7.42. The van der Waals surface area contributed by atoms with Gasteiger partial charge in [0.15, 0.2) is 5.13 Å². The molecule has 4 bridgehead atoms. The predicted molar refractivity (Wildman–Crippen MR) is 93.9 cm³/mol. The van der Waals surface area contributed by atoms with Crippen LogP contribution in [0.5, 0.6) is 0 Å². The maximum atomic E-state index is 13.3. The average Bonchev–Trinajstić information content (AvgIpc) is 2.85. The molecule has 1 N–H and O–H groups in total. The number of aromatic nitrogens is 1. The van der Waals surface area contributed by atoms with Gasteiger partial charge in [-0.25, -0.2) is 9.37 Å². The molecule has 1 aromatic carbocycles. The monoisotopic (exact) mass is 364 g/mol. The number of nitrogens with zero attached hydrogens (tertiary/aromatic N) is 1. The maximum Gasteiger partial charge on any atom is 0.232 e. The summed E-state index contributed by atoms with van der Waals surface area (Å²) in [6.07, 6.45) is 6.01. The Morgan fingerprint density at radius 2 is 2.04 bits per heavy atom. The Labute approximate surface area is 148 Å². The first-order chi connectivity index (χ1) is 11.4. The van der Waals surface area contributed by atoms with Gasteiger partial charge in [-0.15, -0.1) is 11.6 Å². The normalized spacial score (nSPS) is 37.1. The molecule has 4 aliphatic carbocycles. The molecule has 24 heavy (non-hydrogen) atoms. The van der Waals surface area contributed by atoms with E-state index in [9.17, 15) is 9.18 Å². The van der Waals surface area contributed by atoms with Crippen molar-refractivity contribution in [3.05, 3.63) is 24.0 Å². The summed E-state index contributed by atoms with van der Waals surface area (Å²) in [6.45, 7) is 0. The molecule has 4 saturated carbocycles. The van der Waals surface area contributed by atoms with Crippen molar-refractivity contribution in [3.8, 4) is 0 Å². The van der Waals surface area contributed by atoms with Crippen LogP contribution in [-0.2, 0) is 4.79 Å². The van der Waals surface area contributed by atoms with E-state index in [2.05, 4.69) is 10.3 Å². The number of carbonyl (C=O) groups excluding carboxylic acids is 1. The number of benzene rings is 1. The van der Waals surface area contributed by atoms with Crippen molar-refractivity contribution < 1.29 is 9.18 Å². The van der Waals surface area contributed by atoms with E-state index in [-0.39, 0.29) is 22.0 Å². The van der Waals surface area contributed by atoms with Gasteiger partial charge >= 0.3 is 0 Å². The smallest absolute Gasteiger partial charge is 0.232 e. The number of nitrogens with one attached hydrogen (secondary N) is 1. The molecule has 0 aliphatic heterocycles. The van der Waals surface area contributed by atoms with Gasteiger partial charge in [0.05, 0.1) is 15.6 Å². The van der Waals surface area contributed by atoms with E-state index >= 15 is 0 Å². The first-order valence-corrected chi connectivity index (χ1v) is 9.69. The minimum Gasteiger partial charge on any atom is -0.301 e. The molecule has 0 spiro atoms. The highest BCUT2D eigenvalue weighted by molar-refractivity contribution is 7.22. The summed E-state index contributed by atoms with van der Waals surface area (Å²) < 4.78 is 14.1. The Kier molecular flexibility index (Phi) is 3.09. The number of alkyl halides is 1. The van der Waals surface area contributed by atoms with Crippen LogP contribution in [0.4, 0.5) is 9.52 Å². The standard InChI is InChI=1S/C18H18ClFN2OS/c19-18-7-10-3-11(8-18)6-17(5-10,9-18)15(23)22-16-21-13-2-1-12(20)4-14(13)24-16/h1-2,4,10-11H,3,5-9H2,(H,21,22,23)/t10-,11-,17?,18?/m1/s1. The Morgan fingerprint density at radius 3 is 2.75 bits per heavy atom. The van der Waals surface area contributed by atoms with Gasteiger partial charge in [0.2, 0.25) is 5.91 Å². The summed E-state index contributed by atoms with van der Waals surface area (Å²) in [6, 6.07) is 4.50. The minimum absolute atomic E-state index is 0.0566. The first kappa shape index (κ1) is 15.1. The van der Waals surface area contributed by atoms with Crippen LogP contribution in [0.15, 0.2) is 18.2 Å². The lowest BCUT2D eigenvalue weighted by Crippen LogP contribution is -2.57. The molecule has 1 heterocycles. The lowest BCUT2D eigenvalue weighted by atomic mass is 9.49. The molecule has 1 aromatic heterocycles. The largest absolute Gasteiger partial charge is 0.301 e. The average molecular weight is 365 g/mol. The Bertz CT molecular complexity index is 837. The lowest BCUT2D eigenvalue weighted by Gasteiger charge is -2.59. The predicted octanol–water partition coefficient (Wildman–Crippen LogP) is 4.95. The SMILES string of the molecule is O=C(Nc1nc2ccc(F)cc2s1)C12C[C@H]3C[C@@H](CC(Cl)(C3)C1)C2. The molecular weight excluding hydrogens is 347 g/mol. The van der Waals surface area contributed by atoms with Crippen LogP contribution in [-0.4, -0.2) is 15.8 Å². The van der Waals surface area contributed by atoms with E-state index in [1.807, 2.05) is 0 Å². The van der Waals surface area contributed by atoms with Crippen LogP contribution in [0.2, 0.25) is 0 Å². The molecular formula is C18H18ClFN2OS. The zero-order valence-corrected chi connectivity index (χ0v) is 14.7. The van der Waals surface area contributed by atoms with Crippen LogP contribution < -0.4 is 5.32 Å². The molecule has 1 amide bonds. The Hall–Kier alpha value is -1.20. The molecule has 4 fully saturated rings. The zero-order chi connectivity index (χ0) is 16.5. The van der Waals surface area contributed by atoms with E-state index in [1.165, 1.54) is 29.9 Å². The van der Waals surface area contributed by atoms with Gasteiger partial charge in [-0.05, 0) is 68.6 Å². The van der Waals surface area contributed by atoms with Crippen molar-refractivity contribution in [2.24, 2.45) is 17.3 Å². The summed E-state index contributed by atoms with van der Waals surface area (Å²) >= 11 is 8.14. The van der Waals surface area contributed by atoms with Gasteiger partial charge in [-0.3, -0.25) is 4.79 Å². The summed E-state index contributed by atoms with van der Waals surface area (Å²) in [5.74, 6) is 0.938. The number of anilines is 1. The highest BCUT2D eigenvalue weighted by Crippen LogP contribution is 2.64. The lowest BCUT2D eigenvalue weighted by molar-refractivity contribution is -0.138. The molecule has 126 valence electrons. The van der Waals surface area contributed by atoms with Crippen molar-refractivity contribution in [1.82, 2.24) is 4.98 Å². The van der Waals surface area contributed by atoms with Gasteiger partial charge in [0.25, 0.3) is 0 Å². The number of rotatable bonds is 2. The number of amides is 1. The first-order valence-electron chi connectivity index (χ1n) is 8.50. The van der Waals surface area contributed by atoms with Crippen molar-refractivity contribution in [1.29, 1.82) is 0 Å². The fraction of sp³-hybridized carbons (Fsp3) is 0.556. The summed E-state index contributed by atoms with van der Waals surface area (Å²) in [5, 5.41) is 3.57. The van der Waals surface area contributed by atoms with Gasteiger partial charge < -0.3 is 5.32 Å². The maximum absolute atomic E-state index is 13.3. The molecule has 0 saturated heterocycles. The molecule has 0 radical (unpaired) electrons. The van der Waals surface area contributed by atoms with E-state index in [0.29, 0.717) is 17.0 Å². The summed E-state index contributed by atoms with van der Waals surface area (Å²) in [7, 11) is 0. The Balaban J connectivity index is 1.43. The third kappa shape index (κ3) is 2.28. The van der Waals surface area contributed by atoms with Crippen LogP contribution >= 0.6 is 22.9 Å². The molecule has 6 rings (SSSR count). The molecule has 0 unspecified atom stereocenters. The van der Waals surface area contributed by atoms with Crippen molar-refractivity contribution in [2.45, 2.75) is 43.4 Å². The fourth-order valence-electron chi connectivity index (χ4n) is 5.60. The Morgan fingerprint density at radius 1 is 1.29 bits per heavy atom. The summed E-state index contributed by atoms with van der Waals surface area (Å²) in [4.78, 5) is 17.3. The third-order valence-electron chi connectivity index (χ3n) is 6.04. The molecule has 3 nitrogen and oxygen atoms in total. The van der Waals surface area contributed by atoms with E-state index in [4.69, 9.17) is 11.6 Å². The van der Waals surface area contributed by atoms with Crippen LogP contribution in [0.25, 0.3) is 10.2 Å². The number of halogens is 2. The topological polar surface area (TPSA) is 42.0 Å². The number of fused-ring (bicyclic) bond motifs is 1. The molecule has 2 atom stereocenters. The number of thiazole rings is 1. The van der Waals surface area contributed by atoms with Gasteiger partial charge in [-0.2, -0.15) is 0 Å². The number of hydrogen-bond acceptors (Lipinski definition) is 3. The fourth-order valence-corrected chi connectivity index (χ4v) is 7.18. The van der Waals surface area contributed by atoms with Crippen molar-refractivity contribution in [3.63, 3.8) is 0 Å². The van der Waals surface area contributed by atoms with Crippen molar-refractivity contribution in [2.75, 3.05) is 5.32 Å². The van der Waals surface area contributed by atoms with Gasteiger partial charge in [-0.1, -0.05) is 11.3 Å². The van der Waals surface area contributed by atoms with Crippen molar-refractivity contribution >= 4 is 44.2 Å². The second-order valence-electron chi connectivity index (χ2n) is 7.98. The highest BCUT2D eigenvalue weighted by atomic mass is 35.5. The zero-order valence-electron chi connectivity index (χ0n) is 13.1. The quantitative estimate of drug-likeness (QED) is 0.766. The second kappa shape index (κ2) is 4.92. The minimum atomic E-state index is -0.338. The van der Waals surface area contributed by atoms with E-state index < -0.39 is 0 Å². The molecule has 2 aromatic rings. The van der Waals surface area contributed by atoms with E-state index in [1.54, 1.807) is 6.07 Å². The number of carbonyl (C=O) groups is 1.